The molecule has 2 aliphatic rings. The molecule has 5 rings (SSSR count). The Balaban J connectivity index is 1.19. The van der Waals surface area contributed by atoms with Crippen molar-refractivity contribution in [1.82, 2.24) is 29.9 Å². The molecule has 3 aromatic rings. The lowest BCUT2D eigenvalue weighted by Gasteiger charge is -2.34. The zero-order valence-electron chi connectivity index (χ0n) is 21.5. The van der Waals surface area contributed by atoms with Crippen LogP contribution in [0.4, 0.5) is 27.4 Å². The van der Waals surface area contributed by atoms with E-state index in [0.29, 0.717) is 18.9 Å². The number of piperazine rings is 1. The fraction of sp³-hybridized carbons (Fsp3) is 0.480. The van der Waals surface area contributed by atoms with Crippen molar-refractivity contribution in [3.8, 4) is 0 Å². The van der Waals surface area contributed by atoms with Crippen molar-refractivity contribution in [2.45, 2.75) is 33.6 Å². The van der Waals surface area contributed by atoms with Crippen LogP contribution in [0.5, 0.6) is 0 Å². The lowest BCUT2D eigenvalue weighted by molar-refractivity contribution is 0.216. The number of hydrogen-bond acceptors (Lipinski definition) is 10. The van der Waals surface area contributed by atoms with E-state index in [-0.39, 0.29) is 6.03 Å². The van der Waals surface area contributed by atoms with Crippen molar-refractivity contribution < 1.29 is 9.32 Å². The van der Waals surface area contributed by atoms with Gasteiger partial charge in [0.15, 0.2) is 10.9 Å². The van der Waals surface area contributed by atoms with E-state index in [1.54, 1.807) is 22.3 Å². The van der Waals surface area contributed by atoms with Crippen LogP contribution in [-0.4, -0.2) is 81.8 Å². The van der Waals surface area contributed by atoms with Gasteiger partial charge in [-0.3, -0.25) is 5.32 Å². The Morgan fingerprint density at radius 3 is 2.65 bits per heavy atom. The smallest absolute Gasteiger partial charge is 0.323 e. The van der Waals surface area contributed by atoms with E-state index in [1.807, 2.05) is 26.1 Å². The molecule has 0 aromatic carbocycles. The highest BCUT2D eigenvalue weighted by Gasteiger charge is 2.21. The number of aromatic nitrogens is 4. The summed E-state index contributed by atoms with van der Waals surface area (Å²) in [6, 6.07) is 3.58. The summed E-state index contributed by atoms with van der Waals surface area (Å²) in [7, 11) is 0. The van der Waals surface area contributed by atoms with E-state index >= 15 is 0 Å². The van der Waals surface area contributed by atoms with Gasteiger partial charge in [-0.05, 0) is 25.5 Å². The predicted octanol–water partition coefficient (Wildman–Crippen LogP) is 4.00. The van der Waals surface area contributed by atoms with Crippen LogP contribution in [0.3, 0.4) is 0 Å². The summed E-state index contributed by atoms with van der Waals surface area (Å²) >= 11 is 1.59. The number of aryl methyl sites for hydroxylation is 2. The molecule has 0 aliphatic carbocycles. The normalized spacial score (nSPS) is 16.6. The summed E-state index contributed by atoms with van der Waals surface area (Å²) in [5.74, 6) is 3.63. The van der Waals surface area contributed by atoms with Crippen LogP contribution in [0.25, 0.3) is 5.57 Å². The first-order valence-electron chi connectivity index (χ1n) is 12.8. The third kappa shape index (κ3) is 6.08. The fourth-order valence-corrected chi connectivity index (χ4v) is 5.36. The Labute approximate surface area is 220 Å². The van der Waals surface area contributed by atoms with Gasteiger partial charge in [0, 0.05) is 64.0 Å². The SMILES string of the molecule is CCc1cc(NC(=O)N2CC=C(c3cnc(Nc4cc(N5CCN(CC)CC5)nc(C)n4)s3)CC2)no1. The molecule has 2 N–H and O–H groups in total. The standard InChI is InChI=1S/C25H33N9O2S/c1-4-19-14-22(31-36-19)30-25(35)34-8-6-18(7-9-34)20-16-26-24(37-20)29-21-15-23(28-17(3)27-21)33-12-10-32(5-2)11-13-33/h6,14-16H,4-5,7-13H2,1-3H3,(H,30,31,35)(H,26,27,28,29). The maximum Gasteiger partial charge on any atom is 0.323 e. The Bertz CT molecular complexity index is 1260. The number of carbonyl (C=O) groups is 1. The van der Waals surface area contributed by atoms with E-state index in [1.165, 1.54) is 5.57 Å². The number of rotatable bonds is 7. The average Bonchev–Trinajstić information content (AvgIpc) is 3.58. The van der Waals surface area contributed by atoms with Crippen molar-refractivity contribution >= 4 is 45.5 Å². The van der Waals surface area contributed by atoms with Crippen molar-refractivity contribution in [2.75, 3.05) is 61.3 Å². The molecule has 0 saturated carbocycles. The molecule has 0 radical (unpaired) electrons. The van der Waals surface area contributed by atoms with E-state index < -0.39 is 0 Å². The minimum atomic E-state index is -0.177. The third-order valence-electron chi connectivity index (χ3n) is 6.66. The van der Waals surface area contributed by atoms with Gasteiger partial charge < -0.3 is 24.5 Å². The van der Waals surface area contributed by atoms with Gasteiger partial charge in [0.2, 0.25) is 0 Å². The number of nitrogens with zero attached hydrogens (tertiary/aromatic N) is 7. The van der Waals surface area contributed by atoms with Crippen molar-refractivity contribution in [3.63, 3.8) is 0 Å². The monoisotopic (exact) mass is 523 g/mol. The van der Waals surface area contributed by atoms with Gasteiger partial charge in [-0.2, -0.15) is 0 Å². The summed E-state index contributed by atoms with van der Waals surface area (Å²) < 4.78 is 5.16. The number of anilines is 4. The molecule has 3 aromatic heterocycles. The molecule has 37 heavy (non-hydrogen) atoms. The minimum absolute atomic E-state index is 0.177. The third-order valence-corrected chi connectivity index (χ3v) is 7.65. The minimum Gasteiger partial charge on any atom is -0.359 e. The molecule has 11 nitrogen and oxygen atoms in total. The molecule has 0 bridgehead atoms. The number of urea groups is 1. The summed E-state index contributed by atoms with van der Waals surface area (Å²) in [6.45, 7) is 12.4. The van der Waals surface area contributed by atoms with Crippen LogP contribution in [-0.2, 0) is 6.42 Å². The second-order valence-electron chi connectivity index (χ2n) is 9.12. The molecule has 12 heteroatoms. The number of amides is 2. The van der Waals surface area contributed by atoms with Crippen molar-refractivity contribution in [2.24, 2.45) is 0 Å². The van der Waals surface area contributed by atoms with Gasteiger partial charge in [-0.15, -0.1) is 0 Å². The zero-order valence-corrected chi connectivity index (χ0v) is 22.3. The first-order chi connectivity index (χ1) is 18.0. The van der Waals surface area contributed by atoms with E-state index in [0.717, 1.165) is 78.8 Å². The maximum absolute atomic E-state index is 12.6. The molecule has 5 heterocycles. The summed E-state index contributed by atoms with van der Waals surface area (Å²) in [5, 5.41) is 10.8. The number of carbonyl (C=O) groups excluding carboxylic acids is 1. The quantitative estimate of drug-likeness (QED) is 0.474. The topological polar surface area (TPSA) is 116 Å². The molecular formula is C25H33N9O2S. The van der Waals surface area contributed by atoms with E-state index in [9.17, 15) is 4.79 Å². The molecular weight excluding hydrogens is 490 g/mol. The highest BCUT2D eigenvalue weighted by atomic mass is 32.1. The average molecular weight is 524 g/mol. The highest BCUT2D eigenvalue weighted by molar-refractivity contribution is 7.16. The van der Waals surface area contributed by atoms with Crippen LogP contribution >= 0.6 is 11.3 Å². The number of likely N-dealkylation sites (N-methyl/N-ethyl adjacent to an activating group) is 1. The zero-order chi connectivity index (χ0) is 25.8. The first kappa shape index (κ1) is 25.2. The van der Waals surface area contributed by atoms with Gasteiger partial charge in [0.25, 0.3) is 0 Å². The second-order valence-corrected chi connectivity index (χ2v) is 10.2. The molecule has 1 fully saturated rings. The van der Waals surface area contributed by atoms with Gasteiger partial charge in [-0.25, -0.2) is 19.7 Å². The van der Waals surface area contributed by atoms with Crippen LogP contribution in [0.2, 0.25) is 0 Å². The Morgan fingerprint density at radius 2 is 1.95 bits per heavy atom. The summed E-state index contributed by atoms with van der Waals surface area (Å²) in [5.41, 5.74) is 1.19. The van der Waals surface area contributed by atoms with E-state index in [4.69, 9.17) is 4.52 Å². The maximum atomic E-state index is 12.6. The Morgan fingerprint density at radius 1 is 1.11 bits per heavy atom. The summed E-state index contributed by atoms with van der Waals surface area (Å²) in [6.07, 6.45) is 5.46. The first-order valence-corrected chi connectivity index (χ1v) is 13.6. The molecule has 0 spiro atoms. The van der Waals surface area contributed by atoms with Crippen LogP contribution in [0, 0.1) is 6.92 Å². The van der Waals surface area contributed by atoms with Crippen molar-refractivity contribution in [3.05, 3.63) is 40.9 Å². The Kier molecular flexibility index (Phi) is 7.65. The molecule has 1 saturated heterocycles. The van der Waals surface area contributed by atoms with Gasteiger partial charge >= 0.3 is 6.03 Å². The molecule has 0 atom stereocenters. The predicted molar refractivity (Wildman–Crippen MR) is 146 cm³/mol. The number of nitrogens with one attached hydrogen (secondary N) is 2. The molecule has 196 valence electrons. The molecule has 2 aliphatic heterocycles. The molecule has 0 unspecified atom stereocenters. The van der Waals surface area contributed by atoms with Gasteiger partial charge in [0.05, 0.1) is 4.88 Å². The fourth-order valence-electron chi connectivity index (χ4n) is 4.47. The van der Waals surface area contributed by atoms with E-state index in [2.05, 4.69) is 53.5 Å². The van der Waals surface area contributed by atoms with Crippen molar-refractivity contribution in [1.29, 1.82) is 0 Å². The lowest BCUT2D eigenvalue weighted by Crippen LogP contribution is -2.46. The lowest BCUT2D eigenvalue weighted by atomic mass is 10.1. The highest BCUT2D eigenvalue weighted by Crippen LogP contribution is 2.31. The Hall–Kier alpha value is -3.51. The summed E-state index contributed by atoms with van der Waals surface area (Å²) in [4.78, 5) is 34.0. The van der Waals surface area contributed by atoms with Gasteiger partial charge in [-0.1, -0.05) is 36.4 Å². The number of thiazole rings is 1. The second kappa shape index (κ2) is 11.3. The van der Waals surface area contributed by atoms with Crippen LogP contribution in [0.1, 0.15) is 36.7 Å². The van der Waals surface area contributed by atoms with Gasteiger partial charge in [0.1, 0.15) is 23.2 Å². The number of hydrogen-bond donors (Lipinski definition) is 2. The van der Waals surface area contributed by atoms with Crippen LogP contribution in [0.15, 0.2) is 28.9 Å². The molecule has 2 amide bonds. The largest absolute Gasteiger partial charge is 0.359 e. The van der Waals surface area contributed by atoms with Crippen LogP contribution < -0.4 is 15.5 Å².